The van der Waals surface area contributed by atoms with Gasteiger partial charge in [0.25, 0.3) is 0 Å². The van der Waals surface area contributed by atoms with Crippen molar-refractivity contribution in [3.8, 4) is 11.3 Å². The second kappa shape index (κ2) is 13.4. The first kappa shape index (κ1) is 32.1. The molecule has 4 aromatic rings. The number of fused-ring (bicyclic) bond motifs is 1. The van der Waals surface area contributed by atoms with Crippen LogP contribution in [0.5, 0.6) is 0 Å². The maximum absolute atomic E-state index is 15.7. The molecular formula is C31H37ClF2N6O3S. The predicted molar refractivity (Wildman–Crippen MR) is 170 cm³/mol. The Morgan fingerprint density at radius 2 is 1.86 bits per heavy atom. The number of ether oxygens (including phenoxy) is 1. The molecular weight excluding hydrogens is 610 g/mol. The molecule has 13 heteroatoms. The fourth-order valence-corrected chi connectivity index (χ4v) is 7.39. The van der Waals surface area contributed by atoms with Crippen LogP contribution in [0, 0.1) is 11.6 Å². The molecule has 2 heterocycles. The quantitative estimate of drug-likeness (QED) is 0.161. The Labute approximate surface area is 261 Å². The largest absolute Gasteiger partial charge is 0.383 e. The van der Waals surface area contributed by atoms with E-state index in [0.29, 0.717) is 23.6 Å². The van der Waals surface area contributed by atoms with Gasteiger partial charge < -0.3 is 15.8 Å². The molecule has 236 valence electrons. The van der Waals surface area contributed by atoms with Crippen LogP contribution in [-0.4, -0.2) is 49.5 Å². The van der Waals surface area contributed by atoms with Gasteiger partial charge in [0.2, 0.25) is 10.0 Å². The van der Waals surface area contributed by atoms with E-state index >= 15 is 8.78 Å². The summed E-state index contributed by atoms with van der Waals surface area (Å²) in [6, 6.07) is 8.48. The van der Waals surface area contributed by atoms with E-state index in [1.807, 2.05) is 13.8 Å². The highest BCUT2D eigenvalue weighted by Crippen LogP contribution is 2.42. The number of pyridine rings is 1. The Hall–Kier alpha value is -3.32. The number of methoxy groups -OCH3 is 1. The lowest BCUT2D eigenvalue weighted by Crippen LogP contribution is -2.34. The molecule has 1 saturated carbocycles. The van der Waals surface area contributed by atoms with Crippen LogP contribution in [0.3, 0.4) is 0 Å². The van der Waals surface area contributed by atoms with E-state index in [0.717, 1.165) is 55.4 Å². The van der Waals surface area contributed by atoms with Gasteiger partial charge in [-0.3, -0.25) is 9.40 Å². The van der Waals surface area contributed by atoms with Crippen molar-refractivity contribution in [1.29, 1.82) is 0 Å². The zero-order valence-corrected chi connectivity index (χ0v) is 26.5. The Bertz CT molecular complexity index is 1760. The van der Waals surface area contributed by atoms with Gasteiger partial charge in [-0.2, -0.15) is 5.10 Å². The van der Waals surface area contributed by atoms with Gasteiger partial charge in [-0.15, -0.1) is 0 Å². The van der Waals surface area contributed by atoms with Crippen molar-refractivity contribution >= 4 is 44.0 Å². The summed E-state index contributed by atoms with van der Waals surface area (Å²) >= 11 is 6.10. The molecule has 5 rings (SSSR count). The molecule has 0 saturated heterocycles. The summed E-state index contributed by atoms with van der Waals surface area (Å²) in [6.07, 6.45) is 5.60. The van der Waals surface area contributed by atoms with E-state index < -0.39 is 33.1 Å². The molecule has 2 aromatic carbocycles. The van der Waals surface area contributed by atoms with Crippen LogP contribution < -0.4 is 15.8 Å². The average Bonchev–Trinajstić information content (AvgIpc) is 3.38. The van der Waals surface area contributed by atoms with Crippen LogP contribution in [0.15, 0.2) is 42.6 Å². The second-order valence-electron chi connectivity index (χ2n) is 11.5. The van der Waals surface area contributed by atoms with Gasteiger partial charge in [0.05, 0.1) is 29.0 Å². The van der Waals surface area contributed by atoms with Crippen LogP contribution in [0.4, 0.5) is 20.3 Å². The SMILES string of the molecule is COCCN[C@H]1CC[C@H](c2cnc(N)c3c(-c4cc(F)c(NS(=O)(=O)Cc5ccccc5Cl)cc4F)nn(C(C)C)c32)CC1. The van der Waals surface area contributed by atoms with Gasteiger partial charge in [-0.05, 0) is 68.7 Å². The van der Waals surface area contributed by atoms with Crippen LogP contribution >= 0.6 is 11.6 Å². The summed E-state index contributed by atoms with van der Waals surface area (Å²) in [4.78, 5) is 4.46. The predicted octanol–water partition coefficient (Wildman–Crippen LogP) is 6.40. The van der Waals surface area contributed by atoms with Crippen molar-refractivity contribution in [2.75, 3.05) is 30.7 Å². The maximum atomic E-state index is 15.7. The zero-order chi connectivity index (χ0) is 31.6. The van der Waals surface area contributed by atoms with E-state index in [1.165, 1.54) is 0 Å². The summed E-state index contributed by atoms with van der Waals surface area (Å²) in [7, 11) is -2.42. The first-order valence-electron chi connectivity index (χ1n) is 14.6. The van der Waals surface area contributed by atoms with E-state index in [4.69, 9.17) is 27.2 Å². The summed E-state index contributed by atoms with van der Waals surface area (Å²) in [5, 5.41) is 8.96. The number of nitrogens with one attached hydrogen (secondary N) is 2. The number of nitrogens with two attached hydrogens (primary N) is 1. The van der Waals surface area contributed by atoms with E-state index in [-0.39, 0.29) is 34.1 Å². The fourth-order valence-electron chi connectivity index (χ4n) is 5.88. The van der Waals surface area contributed by atoms with Gasteiger partial charge in [0, 0.05) is 48.6 Å². The minimum Gasteiger partial charge on any atom is -0.383 e. The third-order valence-electron chi connectivity index (χ3n) is 8.06. The van der Waals surface area contributed by atoms with E-state index in [1.54, 1.807) is 42.3 Å². The standard InChI is InChI=1S/C31H37ClF2N6O3S/c1-18(2)40-30-23(19-8-10-21(11-9-19)36-12-13-43-3)16-37-31(35)28(30)29(38-40)22-14-26(34)27(15-25(22)33)39-44(41,42)17-20-6-4-5-7-24(20)32/h4-7,14-16,18-19,21,36,39H,8-13,17H2,1-3H3,(H2,35,37)/t19-,21-. The lowest BCUT2D eigenvalue weighted by molar-refractivity contribution is 0.191. The third-order valence-corrected chi connectivity index (χ3v) is 9.65. The monoisotopic (exact) mass is 646 g/mol. The van der Waals surface area contributed by atoms with Crippen molar-refractivity contribution in [3.63, 3.8) is 0 Å². The molecule has 0 bridgehead atoms. The Balaban J connectivity index is 1.48. The molecule has 0 radical (unpaired) electrons. The Morgan fingerprint density at radius 1 is 1.14 bits per heavy atom. The highest BCUT2D eigenvalue weighted by molar-refractivity contribution is 7.91. The first-order chi connectivity index (χ1) is 21.0. The number of aromatic nitrogens is 3. The van der Waals surface area contributed by atoms with E-state index in [2.05, 4.69) is 15.0 Å². The number of hydrogen-bond acceptors (Lipinski definition) is 7. The molecule has 0 unspecified atom stereocenters. The smallest absolute Gasteiger partial charge is 0.237 e. The fraction of sp³-hybridized carbons (Fsp3) is 0.419. The number of halogens is 3. The maximum Gasteiger partial charge on any atom is 0.237 e. The van der Waals surface area contributed by atoms with E-state index in [9.17, 15) is 8.42 Å². The molecule has 44 heavy (non-hydrogen) atoms. The summed E-state index contributed by atoms with van der Waals surface area (Å²) in [5.41, 5.74) is 7.93. The molecule has 0 spiro atoms. The van der Waals surface area contributed by atoms with Crippen molar-refractivity contribution in [3.05, 3.63) is 70.4 Å². The van der Waals surface area contributed by atoms with Crippen molar-refractivity contribution in [2.45, 2.75) is 63.3 Å². The lowest BCUT2D eigenvalue weighted by Gasteiger charge is -2.30. The van der Waals surface area contributed by atoms with Crippen LogP contribution in [0.1, 0.15) is 62.6 Å². The van der Waals surface area contributed by atoms with Crippen LogP contribution in [0.25, 0.3) is 22.2 Å². The summed E-state index contributed by atoms with van der Waals surface area (Å²) < 4.78 is 65.9. The summed E-state index contributed by atoms with van der Waals surface area (Å²) in [6.45, 7) is 5.38. The van der Waals surface area contributed by atoms with Gasteiger partial charge in [0.1, 0.15) is 23.1 Å². The number of hydrogen-bond donors (Lipinski definition) is 3. The minimum atomic E-state index is -4.11. The van der Waals surface area contributed by atoms with Crippen molar-refractivity contribution in [2.24, 2.45) is 0 Å². The van der Waals surface area contributed by atoms with Crippen molar-refractivity contribution in [1.82, 2.24) is 20.1 Å². The zero-order valence-electron chi connectivity index (χ0n) is 24.9. The van der Waals surface area contributed by atoms with Crippen molar-refractivity contribution < 1.29 is 21.9 Å². The third kappa shape index (κ3) is 6.83. The molecule has 1 aliphatic carbocycles. The second-order valence-corrected chi connectivity index (χ2v) is 13.6. The number of nitrogen functional groups attached to an aromatic ring is 1. The molecule has 1 aliphatic rings. The average molecular weight is 647 g/mol. The number of sulfonamides is 1. The highest BCUT2D eigenvalue weighted by atomic mass is 35.5. The molecule has 2 aromatic heterocycles. The highest BCUT2D eigenvalue weighted by Gasteiger charge is 2.29. The summed E-state index contributed by atoms with van der Waals surface area (Å²) in [5.74, 6) is -1.97. The molecule has 0 aliphatic heterocycles. The van der Waals surface area contributed by atoms with Gasteiger partial charge in [-0.25, -0.2) is 22.2 Å². The Morgan fingerprint density at radius 3 is 2.55 bits per heavy atom. The van der Waals surface area contributed by atoms with Gasteiger partial charge >= 0.3 is 0 Å². The van der Waals surface area contributed by atoms with Gasteiger partial charge in [0.15, 0.2) is 0 Å². The first-order valence-corrected chi connectivity index (χ1v) is 16.6. The number of rotatable bonds is 11. The molecule has 1 fully saturated rings. The Kier molecular flexibility index (Phi) is 9.74. The number of anilines is 2. The van der Waals surface area contributed by atoms with Crippen LogP contribution in [-0.2, 0) is 20.5 Å². The number of benzene rings is 2. The normalized spacial score (nSPS) is 17.4. The minimum absolute atomic E-state index is 0.109. The molecule has 4 N–H and O–H groups in total. The molecule has 9 nitrogen and oxygen atoms in total. The number of nitrogens with zero attached hydrogens (tertiary/aromatic N) is 3. The van der Waals surface area contributed by atoms with Crippen LogP contribution in [0.2, 0.25) is 5.02 Å². The molecule has 0 amide bonds. The lowest BCUT2D eigenvalue weighted by atomic mass is 9.81. The van der Waals surface area contributed by atoms with Gasteiger partial charge in [-0.1, -0.05) is 29.8 Å². The topological polar surface area (TPSA) is 124 Å². The molecule has 0 atom stereocenters.